The Kier molecular flexibility index (Phi) is 7.25. The molecule has 0 rings (SSSR count). The quantitative estimate of drug-likeness (QED) is 0.394. The fraction of sp³-hybridized carbons (Fsp3) is 0.909. The van der Waals surface area contributed by atoms with Crippen molar-refractivity contribution >= 4 is 20.2 Å². The van der Waals surface area contributed by atoms with Gasteiger partial charge in [0.25, 0.3) is 9.07 Å². The first kappa shape index (κ1) is 15.0. The van der Waals surface area contributed by atoms with E-state index in [1.54, 1.807) is 0 Å². The Morgan fingerprint density at radius 1 is 1.33 bits per heavy atom. The predicted octanol–water partition coefficient (Wildman–Crippen LogP) is 2.99. The van der Waals surface area contributed by atoms with E-state index >= 15 is 0 Å². The molecule has 0 heterocycles. The second kappa shape index (κ2) is 7.27. The summed E-state index contributed by atoms with van der Waals surface area (Å²) in [5, 5.41) is 8.56. The Bertz CT molecular complexity index is 205. The van der Waals surface area contributed by atoms with E-state index in [1.165, 1.54) is 0 Å². The van der Waals surface area contributed by atoms with Crippen LogP contribution in [0.4, 0.5) is 0 Å². The number of halogens is 1. The van der Waals surface area contributed by atoms with Gasteiger partial charge in [-0.2, -0.15) is 5.26 Å². The minimum Gasteiger partial charge on any atom is -0.402 e. The maximum absolute atomic E-state index is 8.56. The topological polar surface area (TPSA) is 33.0 Å². The molecule has 0 aliphatic rings. The molecule has 0 aliphatic heterocycles. The molecule has 0 saturated carbocycles. The lowest BCUT2D eigenvalue weighted by Gasteiger charge is -2.41. The molecule has 0 bridgehead atoms. The average molecular weight is 248 g/mol. The van der Waals surface area contributed by atoms with Gasteiger partial charge in [0.05, 0.1) is 11.7 Å². The molecular formula is C11H22ClNOSi. The Morgan fingerprint density at radius 2 is 1.87 bits per heavy atom. The lowest BCUT2D eigenvalue weighted by molar-refractivity contribution is -0.0253. The van der Waals surface area contributed by atoms with E-state index in [2.05, 4.69) is 33.8 Å². The fourth-order valence-electron chi connectivity index (χ4n) is 2.19. The van der Waals surface area contributed by atoms with Gasteiger partial charge in [-0.05, 0) is 24.7 Å². The molecule has 0 spiro atoms. The van der Waals surface area contributed by atoms with Crippen molar-refractivity contribution in [2.75, 3.05) is 0 Å². The summed E-state index contributed by atoms with van der Waals surface area (Å²) in [6.45, 7) is 8.70. The van der Waals surface area contributed by atoms with Crippen LogP contribution in [0.1, 0.15) is 47.0 Å². The van der Waals surface area contributed by atoms with Gasteiger partial charge < -0.3 is 4.43 Å². The molecule has 0 saturated heterocycles. The van der Waals surface area contributed by atoms with Crippen LogP contribution in [-0.2, 0) is 4.43 Å². The molecule has 0 amide bonds. The summed E-state index contributed by atoms with van der Waals surface area (Å²) in [6.07, 6.45) is 2.45. The van der Waals surface area contributed by atoms with Gasteiger partial charge in [-0.25, -0.2) is 0 Å². The highest BCUT2D eigenvalue weighted by Gasteiger charge is 2.36. The Morgan fingerprint density at radius 3 is 2.20 bits per heavy atom. The molecule has 0 radical (unpaired) electrons. The number of nitriles is 1. The predicted molar refractivity (Wildman–Crippen MR) is 67.4 cm³/mol. The summed E-state index contributed by atoms with van der Waals surface area (Å²) in [4.78, 5) is 0. The molecule has 0 atom stereocenters. The highest BCUT2D eigenvalue weighted by Crippen LogP contribution is 2.35. The molecule has 0 N–H and O–H groups in total. The minimum atomic E-state index is -0.921. The summed E-state index contributed by atoms with van der Waals surface area (Å²) in [5.41, 5.74) is -0.120. The molecular weight excluding hydrogens is 226 g/mol. The summed E-state index contributed by atoms with van der Waals surface area (Å²) in [7, 11) is -0.921. The largest absolute Gasteiger partial charge is 0.402 e. The highest BCUT2D eigenvalue weighted by atomic mass is 35.6. The standard InChI is InChI=1S/C11H22ClNOSi/c1-9(2)11(10(3)4,14-15-12)7-5-6-8-13/h9-10H,5-7,15H2,1-4H3. The van der Waals surface area contributed by atoms with Gasteiger partial charge in [-0.1, -0.05) is 27.7 Å². The van der Waals surface area contributed by atoms with Crippen molar-refractivity contribution in [3.8, 4) is 6.07 Å². The van der Waals surface area contributed by atoms with E-state index in [0.29, 0.717) is 18.3 Å². The van der Waals surface area contributed by atoms with Crippen LogP contribution < -0.4 is 0 Å². The van der Waals surface area contributed by atoms with Crippen LogP contribution in [0.3, 0.4) is 0 Å². The monoisotopic (exact) mass is 247 g/mol. The average Bonchev–Trinajstić information content (AvgIpc) is 2.15. The third-order valence-electron chi connectivity index (χ3n) is 3.13. The Hall–Kier alpha value is -0.0431. The van der Waals surface area contributed by atoms with Crippen molar-refractivity contribution < 1.29 is 4.43 Å². The van der Waals surface area contributed by atoms with E-state index < -0.39 is 9.07 Å². The molecule has 0 aromatic carbocycles. The lowest BCUT2D eigenvalue weighted by atomic mass is 9.77. The van der Waals surface area contributed by atoms with Gasteiger partial charge in [0.15, 0.2) is 0 Å². The van der Waals surface area contributed by atoms with Crippen LogP contribution >= 0.6 is 11.1 Å². The van der Waals surface area contributed by atoms with Crippen LogP contribution in [0.2, 0.25) is 0 Å². The van der Waals surface area contributed by atoms with E-state index in [0.717, 1.165) is 12.8 Å². The van der Waals surface area contributed by atoms with Crippen molar-refractivity contribution in [2.24, 2.45) is 11.8 Å². The molecule has 0 aromatic rings. The van der Waals surface area contributed by atoms with Gasteiger partial charge >= 0.3 is 0 Å². The van der Waals surface area contributed by atoms with Crippen LogP contribution in [0.15, 0.2) is 0 Å². The van der Waals surface area contributed by atoms with E-state index in [9.17, 15) is 0 Å². The summed E-state index contributed by atoms with van der Waals surface area (Å²) in [5.74, 6) is 0.893. The number of hydrogen-bond donors (Lipinski definition) is 0. The zero-order chi connectivity index (χ0) is 11.9. The molecule has 0 fully saturated rings. The fourth-order valence-corrected chi connectivity index (χ4v) is 3.82. The Balaban J connectivity index is 4.57. The van der Waals surface area contributed by atoms with E-state index in [-0.39, 0.29) is 5.60 Å². The van der Waals surface area contributed by atoms with E-state index in [4.69, 9.17) is 20.8 Å². The third-order valence-corrected chi connectivity index (χ3v) is 4.11. The first-order valence-corrected chi connectivity index (χ1v) is 8.29. The third kappa shape index (κ3) is 4.14. The van der Waals surface area contributed by atoms with Crippen LogP contribution in [0, 0.1) is 23.2 Å². The second-order valence-corrected chi connectivity index (χ2v) is 5.69. The Labute approximate surface area is 101 Å². The SMILES string of the molecule is CC(C)C(CCCC#N)(O[SiH2]Cl)C(C)C. The number of rotatable bonds is 7. The number of unbranched alkanes of at least 4 members (excludes halogenated alkanes) is 1. The molecule has 2 nitrogen and oxygen atoms in total. The number of hydrogen-bond acceptors (Lipinski definition) is 2. The zero-order valence-corrected chi connectivity index (χ0v) is 12.4. The maximum atomic E-state index is 8.56. The number of nitrogens with zero attached hydrogens (tertiary/aromatic N) is 1. The molecule has 4 heteroatoms. The maximum Gasteiger partial charge on any atom is 0.259 e. The van der Waals surface area contributed by atoms with Crippen molar-refractivity contribution in [2.45, 2.75) is 52.6 Å². The molecule has 88 valence electrons. The first-order valence-electron chi connectivity index (χ1n) is 5.58. The second-order valence-electron chi connectivity index (χ2n) is 4.53. The van der Waals surface area contributed by atoms with Crippen LogP contribution in [0.5, 0.6) is 0 Å². The summed E-state index contributed by atoms with van der Waals surface area (Å²) in [6, 6.07) is 2.18. The smallest absolute Gasteiger partial charge is 0.259 e. The van der Waals surface area contributed by atoms with Gasteiger partial charge in [0, 0.05) is 6.42 Å². The van der Waals surface area contributed by atoms with Crippen molar-refractivity contribution in [1.82, 2.24) is 0 Å². The van der Waals surface area contributed by atoms with Crippen LogP contribution in [-0.4, -0.2) is 14.7 Å². The first-order chi connectivity index (χ1) is 7.01. The molecule has 0 aromatic heterocycles. The lowest BCUT2D eigenvalue weighted by Crippen LogP contribution is -2.44. The van der Waals surface area contributed by atoms with Crippen molar-refractivity contribution in [3.63, 3.8) is 0 Å². The van der Waals surface area contributed by atoms with E-state index in [1.807, 2.05) is 0 Å². The van der Waals surface area contributed by atoms with Gasteiger partial charge in [0.1, 0.15) is 0 Å². The minimum absolute atomic E-state index is 0.120. The summed E-state index contributed by atoms with van der Waals surface area (Å²) >= 11 is 5.84. The molecule has 0 aliphatic carbocycles. The van der Waals surface area contributed by atoms with Gasteiger partial charge in [0.2, 0.25) is 0 Å². The normalized spacial score (nSPS) is 12.9. The zero-order valence-electron chi connectivity index (χ0n) is 10.2. The van der Waals surface area contributed by atoms with Gasteiger partial charge in [-0.15, -0.1) is 11.1 Å². The van der Waals surface area contributed by atoms with Crippen molar-refractivity contribution in [1.29, 1.82) is 5.26 Å². The molecule has 15 heavy (non-hydrogen) atoms. The van der Waals surface area contributed by atoms with Crippen LogP contribution in [0.25, 0.3) is 0 Å². The molecule has 0 unspecified atom stereocenters. The van der Waals surface area contributed by atoms with Gasteiger partial charge in [-0.3, -0.25) is 0 Å². The summed E-state index contributed by atoms with van der Waals surface area (Å²) < 4.78 is 5.89. The highest BCUT2D eigenvalue weighted by molar-refractivity contribution is 6.90. The van der Waals surface area contributed by atoms with Crippen molar-refractivity contribution in [3.05, 3.63) is 0 Å².